The maximum Gasteiger partial charge on any atom is 0.269 e. The van der Waals surface area contributed by atoms with Crippen LogP contribution in [0.4, 0.5) is 11.4 Å². The van der Waals surface area contributed by atoms with E-state index in [1.807, 2.05) is 24.3 Å². The highest BCUT2D eigenvalue weighted by atomic mass is 16.6. The largest absolute Gasteiger partial charge is 0.491 e. The number of rotatable bonds is 10. The van der Waals surface area contributed by atoms with Gasteiger partial charge in [-0.3, -0.25) is 19.7 Å². The lowest BCUT2D eigenvalue weighted by molar-refractivity contribution is -0.384. The van der Waals surface area contributed by atoms with E-state index in [0.29, 0.717) is 30.2 Å². The highest BCUT2D eigenvalue weighted by Crippen LogP contribution is 2.18. The SMILES string of the molecule is O=C(NC(Cc1ccc(OCC2CO2)cc1)C(=O)Nc1ccc([N+](=O)[O-])cc1)c1ccccc1. The zero-order chi connectivity index (χ0) is 23.9. The first kappa shape index (κ1) is 22.9. The Balaban J connectivity index is 1.46. The molecule has 1 saturated heterocycles. The Bertz CT molecular complexity index is 1150. The van der Waals surface area contributed by atoms with Crippen molar-refractivity contribution in [3.63, 3.8) is 0 Å². The van der Waals surface area contributed by atoms with Gasteiger partial charge in [-0.2, -0.15) is 0 Å². The van der Waals surface area contributed by atoms with Gasteiger partial charge in [0, 0.05) is 29.8 Å². The molecule has 174 valence electrons. The Labute approximate surface area is 195 Å². The van der Waals surface area contributed by atoms with Crippen LogP contribution in [-0.4, -0.2) is 42.1 Å². The van der Waals surface area contributed by atoms with Crippen LogP contribution in [-0.2, 0) is 16.0 Å². The van der Waals surface area contributed by atoms with Gasteiger partial charge in [-0.15, -0.1) is 0 Å². The number of ether oxygens (including phenoxy) is 2. The number of hydrogen-bond donors (Lipinski definition) is 2. The first-order valence-corrected chi connectivity index (χ1v) is 10.7. The first-order valence-electron chi connectivity index (χ1n) is 10.7. The minimum atomic E-state index is -0.880. The standard InChI is InChI=1S/C25H23N3O6/c29-24(18-4-2-1-3-5-18)27-23(25(30)26-19-8-10-20(11-9-19)28(31)32)14-17-6-12-21(13-7-17)33-15-22-16-34-22/h1-13,22-23H,14-16H2,(H,26,30)(H,27,29). The molecule has 0 bridgehead atoms. The third-order valence-corrected chi connectivity index (χ3v) is 5.20. The van der Waals surface area contributed by atoms with E-state index >= 15 is 0 Å². The second-order valence-electron chi connectivity index (χ2n) is 7.80. The number of amides is 2. The quantitative estimate of drug-likeness (QED) is 0.271. The van der Waals surface area contributed by atoms with E-state index in [1.165, 1.54) is 24.3 Å². The fourth-order valence-electron chi connectivity index (χ4n) is 3.25. The van der Waals surface area contributed by atoms with Crippen LogP contribution >= 0.6 is 0 Å². The molecule has 0 radical (unpaired) electrons. The number of carbonyl (C=O) groups is 2. The molecule has 9 nitrogen and oxygen atoms in total. The number of carbonyl (C=O) groups excluding carboxylic acids is 2. The summed E-state index contributed by atoms with van der Waals surface area (Å²) < 4.78 is 10.8. The summed E-state index contributed by atoms with van der Waals surface area (Å²) in [5.74, 6) is -0.127. The molecule has 0 saturated carbocycles. The molecule has 2 amide bonds. The maximum atomic E-state index is 13.1. The lowest BCUT2D eigenvalue weighted by Crippen LogP contribution is -2.45. The van der Waals surface area contributed by atoms with Crippen molar-refractivity contribution >= 4 is 23.2 Å². The molecule has 3 aromatic rings. The number of nitrogens with zero attached hydrogens (tertiary/aromatic N) is 1. The van der Waals surface area contributed by atoms with E-state index in [1.54, 1.807) is 30.3 Å². The minimum absolute atomic E-state index is 0.0810. The van der Waals surface area contributed by atoms with Gasteiger partial charge in [-0.1, -0.05) is 30.3 Å². The molecule has 3 aromatic carbocycles. The van der Waals surface area contributed by atoms with E-state index in [2.05, 4.69) is 10.6 Å². The van der Waals surface area contributed by atoms with Crippen LogP contribution < -0.4 is 15.4 Å². The van der Waals surface area contributed by atoms with E-state index in [9.17, 15) is 19.7 Å². The van der Waals surface area contributed by atoms with Crippen LogP contribution in [0.15, 0.2) is 78.9 Å². The van der Waals surface area contributed by atoms with Gasteiger partial charge in [0.2, 0.25) is 5.91 Å². The van der Waals surface area contributed by atoms with Crippen LogP contribution in [0, 0.1) is 10.1 Å². The lowest BCUT2D eigenvalue weighted by atomic mass is 10.0. The Morgan fingerprint density at radius 3 is 2.32 bits per heavy atom. The molecular formula is C25H23N3O6. The monoisotopic (exact) mass is 461 g/mol. The van der Waals surface area contributed by atoms with Gasteiger partial charge in [-0.25, -0.2) is 0 Å². The van der Waals surface area contributed by atoms with Gasteiger partial charge in [0.1, 0.15) is 24.5 Å². The number of nitro benzene ring substituents is 1. The summed E-state index contributed by atoms with van der Waals surface area (Å²) in [6.45, 7) is 1.21. The molecule has 1 aliphatic heterocycles. The van der Waals surface area contributed by atoms with Crippen molar-refractivity contribution < 1.29 is 24.0 Å². The van der Waals surface area contributed by atoms with E-state index < -0.39 is 16.9 Å². The third-order valence-electron chi connectivity index (χ3n) is 5.20. The summed E-state index contributed by atoms with van der Waals surface area (Å²) >= 11 is 0. The van der Waals surface area contributed by atoms with Gasteiger partial charge < -0.3 is 20.1 Å². The summed E-state index contributed by atoms with van der Waals surface area (Å²) in [5, 5.41) is 16.4. The second-order valence-corrected chi connectivity index (χ2v) is 7.80. The number of nitro groups is 1. The number of non-ortho nitro benzene ring substituents is 1. The summed E-state index contributed by atoms with van der Waals surface area (Å²) in [7, 11) is 0. The molecule has 1 heterocycles. The lowest BCUT2D eigenvalue weighted by Gasteiger charge is -2.19. The number of anilines is 1. The molecule has 1 aliphatic rings. The molecule has 2 N–H and O–H groups in total. The summed E-state index contributed by atoms with van der Waals surface area (Å²) in [5.41, 5.74) is 1.57. The topological polar surface area (TPSA) is 123 Å². The molecule has 2 unspecified atom stereocenters. The van der Waals surface area contributed by atoms with Crippen molar-refractivity contribution in [2.45, 2.75) is 18.6 Å². The van der Waals surface area contributed by atoms with Crippen molar-refractivity contribution in [1.82, 2.24) is 5.32 Å². The fourth-order valence-corrected chi connectivity index (χ4v) is 3.25. The van der Waals surface area contributed by atoms with Gasteiger partial charge >= 0.3 is 0 Å². The maximum absolute atomic E-state index is 13.1. The molecular weight excluding hydrogens is 438 g/mol. The van der Waals surface area contributed by atoms with Crippen LogP contribution in [0.2, 0.25) is 0 Å². The molecule has 0 aromatic heterocycles. The predicted octanol–water partition coefficient (Wildman–Crippen LogP) is 3.35. The Morgan fingerprint density at radius 2 is 1.71 bits per heavy atom. The first-order chi connectivity index (χ1) is 16.5. The van der Waals surface area contributed by atoms with Crippen molar-refractivity contribution in [3.8, 4) is 5.75 Å². The second kappa shape index (κ2) is 10.6. The zero-order valence-electron chi connectivity index (χ0n) is 18.2. The molecule has 4 rings (SSSR count). The molecule has 9 heteroatoms. The summed E-state index contributed by atoms with van der Waals surface area (Å²) in [4.78, 5) is 36.1. The number of benzene rings is 3. The molecule has 1 fully saturated rings. The molecule has 0 aliphatic carbocycles. The Morgan fingerprint density at radius 1 is 1.03 bits per heavy atom. The van der Waals surface area contributed by atoms with Crippen LogP contribution in [0.5, 0.6) is 5.75 Å². The van der Waals surface area contributed by atoms with Gasteiger partial charge in [-0.05, 0) is 42.0 Å². The average Bonchev–Trinajstić information content (AvgIpc) is 3.68. The Kier molecular flexibility index (Phi) is 7.14. The predicted molar refractivity (Wildman–Crippen MR) is 125 cm³/mol. The number of hydrogen-bond acceptors (Lipinski definition) is 6. The number of epoxide rings is 1. The van der Waals surface area contributed by atoms with E-state index in [0.717, 1.165) is 5.56 Å². The van der Waals surface area contributed by atoms with Crippen molar-refractivity contribution in [1.29, 1.82) is 0 Å². The smallest absolute Gasteiger partial charge is 0.269 e. The van der Waals surface area contributed by atoms with Crippen molar-refractivity contribution in [3.05, 3.63) is 100 Å². The molecule has 0 spiro atoms. The highest BCUT2D eigenvalue weighted by molar-refractivity contribution is 6.01. The highest BCUT2D eigenvalue weighted by Gasteiger charge is 2.24. The van der Waals surface area contributed by atoms with E-state index in [-0.39, 0.29) is 24.1 Å². The number of nitrogens with one attached hydrogen (secondary N) is 2. The van der Waals surface area contributed by atoms with Crippen LogP contribution in [0.25, 0.3) is 0 Å². The Hall–Kier alpha value is -4.24. The van der Waals surface area contributed by atoms with Gasteiger partial charge in [0.15, 0.2) is 0 Å². The minimum Gasteiger partial charge on any atom is -0.491 e. The van der Waals surface area contributed by atoms with E-state index in [4.69, 9.17) is 9.47 Å². The van der Waals surface area contributed by atoms with Crippen LogP contribution in [0.3, 0.4) is 0 Å². The molecule has 34 heavy (non-hydrogen) atoms. The van der Waals surface area contributed by atoms with Crippen LogP contribution in [0.1, 0.15) is 15.9 Å². The average molecular weight is 461 g/mol. The summed E-state index contributed by atoms with van der Waals surface area (Å²) in [6.07, 6.45) is 0.393. The summed E-state index contributed by atoms with van der Waals surface area (Å²) in [6, 6.07) is 20.5. The molecule has 2 atom stereocenters. The normalized spacial score (nSPS) is 15.1. The fraction of sp³-hybridized carbons (Fsp3) is 0.200. The van der Waals surface area contributed by atoms with Crippen molar-refractivity contribution in [2.24, 2.45) is 0 Å². The van der Waals surface area contributed by atoms with Gasteiger partial charge in [0.05, 0.1) is 11.5 Å². The van der Waals surface area contributed by atoms with Crippen molar-refractivity contribution in [2.75, 3.05) is 18.5 Å². The third kappa shape index (κ3) is 6.39. The zero-order valence-corrected chi connectivity index (χ0v) is 18.2. The van der Waals surface area contributed by atoms with Gasteiger partial charge in [0.25, 0.3) is 11.6 Å².